The van der Waals surface area contributed by atoms with Crippen molar-refractivity contribution in [2.24, 2.45) is 0 Å². The van der Waals surface area contributed by atoms with Crippen molar-refractivity contribution in [3.63, 3.8) is 0 Å². The van der Waals surface area contributed by atoms with Crippen LogP contribution in [-0.2, 0) is 14.2 Å². The molecule has 0 heterocycles. The number of methoxy groups -OCH3 is 2. The van der Waals surface area contributed by atoms with Crippen LogP contribution in [0.25, 0.3) is 0 Å². The normalized spacial score (nSPS) is 9.77. The molecule has 1 rings (SSSR count). The molecule has 0 atom stereocenters. The second-order valence-electron chi connectivity index (χ2n) is 4.09. The van der Waals surface area contributed by atoms with E-state index >= 15 is 0 Å². The fraction of sp³-hybridized carbons (Fsp3) is 0.357. The van der Waals surface area contributed by atoms with Crippen molar-refractivity contribution in [2.75, 3.05) is 32.0 Å². The third-order valence-corrected chi connectivity index (χ3v) is 2.80. The Kier molecular flexibility index (Phi) is 7.18. The van der Waals surface area contributed by atoms with Gasteiger partial charge in [0.05, 0.1) is 32.0 Å². The minimum absolute atomic E-state index is 0.0986. The van der Waals surface area contributed by atoms with Gasteiger partial charge in [0, 0.05) is 11.6 Å². The lowest BCUT2D eigenvalue weighted by molar-refractivity contribution is 0.0599. The standard InChI is InChI=1S/C14H16ClNO6/c1-20-12(17)9-6-10(13(18)21-2)8-11(7-9)16-14(19)22-5-3-4-15/h6-8H,3-5H2,1-2H3,(H,16,19). The molecule has 1 aromatic rings. The van der Waals surface area contributed by atoms with Gasteiger partial charge in [0.15, 0.2) is 0 Å². The molecule has 22 heavy (non-hydrogen) atoms. The maximum atomic E-state index is 11.6. The molecule has 0 radical (unpaired) electrons. The summed E-state index contributed by atoms with van der Waals surface area (Å²) in [6.45, 7) is 0.163. The number of nitrogens with one attached hydrogen (secondary N) is 1. The van der Waals surface area contributed by atoms with Crippen LogP contribution in [0.5, 0.6) is 0 Å². The zero-order chi connectivity index (χ0) is 16.5. The van der Waals surface area contributed by atoms with Crippen LogP contribution in [0.3, 0.4) is 0 Å². The quantitative estimate of drug-likeness (QED) is 0.373. The van der Waals surface area contributed by atoms with Crippen molar-refractivity contribution >= 4 is 35.3 Å². The Morgan fingerprint density at radius 3 is 2.05 bits per heavy atom. The topological polar surface area (TPSA) is 90.9 Å². The van der Waals surface area contributed by atoms with E-state index in [-0.39, 0.29) is 23.4 Å². The fourth-order valence-electron chi connectivity index (χ4n) is 1.54. The van der Waals surface area contributed by atoms with Gasteiger partial charge in [-0.15, -0.1) is 11.6 Å². The zero-order valence-electron chi connectivity index (χ0n) is 12.2. The number of amides is 1. The van der Waals surface area contributed by atoms with E-state index in [1.165, 1.54) is 32.4 Å². The van der Waals surface area contributed by atoms with Gasteiger partial charge in [-0.1, -0.05) is 0 Å². The van der Waals surface area contributed by atoms with Crippen molar-refractivity contribution < 1.29 is 28.6 Å². The Hall–Kier alpha value is -2.28. The molecule has 0 bridgehead atoms. The molecule has 7 nitrogen and oxygen atoms in total. The van der Waals surface area contributed by atoms with Gasteiger partial charge >= 0.3 is 18.0 Å². The highest BCUT2D eigenvalue weighted by atomic mass is 35.5. The Morgan fingerprint density at radius 1 is 1.05 bits per heavy atom. The molecule has 1 aromatic carbocycles. The lowest BCUT2D eigenvalue weighted by Crippen LogP contribution is -2.16. The molecule has 8 heteroatoms. The van der Waals surface area contributed by atoms with Crippen LogP contribution >= 0.6 is 11.6 Å². The van der Waals surface area contributed by atoms with Gasteiger partial charge in [-0.3, -0.25) is 5.32 Å². The number of hydrogen-bond acceptors (Lipinski definition) is 6. The first-order valence-electron chi connectivity index (χ1n) is 6.33. The van der Waals surface area contributed by atoms with Crippen molar-refractivity contribution in [1.82, 2.24) is 0 Å². The zero-order valence-corrected chi connectivity index (χ0v) is 12.9. The van der Waals surface area contributed by atoms with Crippen LogP contribution < -0.4 is 5.32 Å². The summed E-state index contributed by atoms with van der Waals surface area (Å²) in [5.74, 6) is -0.925. The van der Waals surface area contributed by atoms with Crippen LogP contribution in [0.15, 0.2) is 18.2 Å². The third-order valence-electron chi connectivity index (χ3n) is 2.53. The van der Waals surface area contributed by atoms with E-state index in [0.29, 0.717) is 12.3 Å². The number of rotatable bonds is 6. The first-order valence-corrected chi connectivity index (χ1v) is 6.86. The number of carbonyl (C=O) groups excluding carboxylic acids is 3. The Balaban J connectivity index is 2.95. The van der Waals surface area contributed by atoms with Gasteiger partial charge in [-0.25, -0.2) is 14.4 Å². The molecule has 1 amide bonds. The summed E-state index contributed by atoms with van der Waals surface area (Å²) >= 11 is 5.47. The van der Waals surface area contributed by atoms with Gasteiger partial charge in [0.2, 0.25) is 0 Å². The van der Waals surface area contributed by atoms with E-state index in [0.717, 1.165) is 0 Å². The lowest BCUT2D eigenvalue weighted by Gasteiger charge is -2.09. The van der Waals surface area contributed by atoms with Gasteiger partial charge in [-0.2, -0.15) is 0 Å². The van der Waals surface area contributed by atoms with Crippen LogP contribution in [0.2, 0.25) is 0 Å². The second kappa shape index (κ2) is 8.89. The van der Waals surface area contributed by atoms with Gasteiger partial charge < -0.3 is 14.2 Å². The summed E-state index contributed by atoms with van der Waals surface area (Å²) in [7, 11) is 2.42. The SMILES string of the molecule is COC(=O)c1cc(NC(=O)OCCCCl)cc(C(=O)OC)c1. The summed E-state index contributed by atoms with van der Waals surface area (Å²) in [6.07, 6.45) is -0.201. The van der Waals surface area contributed by atoms with E-state index in [4.69, 9.17) is 16.3 Å². The number of esters is 2. The van der Waals surface area contributed by atoms with Crippen molar-refractivity contribution in [2.45, 2.75) is 6.42 Å². The minimum atomic E-state index is -0.719. The van der Waals surface area contributed by atoms with E-state index in [2.05, 4.69) is 14.8 Å². The number of hydrogen-bond donors (Lipinski definition) is 1. The highest BCUT2D eigenvalue weighted by molar-refractivity contribution is 6.17. The van der Waals surface area contributed by atoms with Crippen molar-refractivity contribution in [3.8, 4) is 0 Å². The average molecular weight is 330 g/mol. The number of ether oxygens (including phenoxy) is 3. The molecule has 0 unspecified atom stereocenters. The van der Waals surface area contributed by atoms with Crippen molar-refractivity contribution in [1.29, 1.82) is 0 Å². The first-order chi connectivity index (χ1) is 10.5. The van der Waals surface area contributed by atoms with Crippen LogP contribution in [0.1, 0.15) is 27.1 Å². The van der Waals surface area contributed by atoms with Crippen molar-refractivity contribution in [3.05, 3.63) is 29.3 Å². The van der Waals surface area contributed by atoms with Gasteiger partial charge in [0.1, 0.15) is 0 Å². The highest BCUT2D eigenvalue weighted by Crippen LogP contribution is 2.17. The maximum absolute atomic E-state index is 11.6. The van der Waals surface area contributed by atoms with Crippen LogP contribution in [0.4, 0.5) is 10.5 Å². The largest absolute Gasteiger partial charge is 0.465 e. The lowest BCUT2D eigenvalue weighted by atomic mass is 10.1. The molecule has 120 valence electrons. The molecule has 0 aliphatic rings. The predicted molar refractivity (Wildman–Crippen MR) is 79.4 cm³/mol. The summed E-state index contributed by atoms with van der Waals surface area (Å²) in [6, 6.07) is 4.03. The maximum Gasteiger partial charge on any atom is 0.411 e. The number of halogens is 1. The van der Waals surface area contributed by atoms with Gasteiger partial charge in [0.25, 0.3) is 0 Å². The van der Waals surface area contributed by atoms with Crippen LogP contribution in [0, 0.1) is 0 Å². The number of anilines is 1. The number of alkyl halides is 1. The molecule has 0 saturated carbocycles. The smallest absolute Gasteiger partial charge is 0.411 e. The summed E-state index contributed by atoms with van der Waals surface area (Å²) in [5, 5.41) is 2.42. The summed E-state index contributed by atoms with van der Waals surface area (Å²) in [4.78, 5) is 34.8. The van der Waals surface area contributed by atoms with Crippen LogP contribution in [-0.4, -0.2) is 44.7 Å². The molecule has 0 aliphatic carbocycles. The predicted octanol–water partition coefficient (Wildman–Crippen LogP) is 2.44. The fourth-order valence-corrected chi connectivity index (χ4v) is 1.65. The number of carbonyl (C=O) groups is 3. The highest BCUT2D eigenvalue weighted by Gasteiger charge is 2.15. The average Bonchev–Trinajstić information content (AvgIpc) is 2.53. The molecule has 1 N–H and O–H groups in total. The summed E-state index contributed by atoms with van der Waals surface area (Å²) < 4.78 is 14.1. The molecular weight excluding hydrogens is 314 g/mol. The molecule has 0 spiro atoms. The Labute approximate surface area is 132 Å². The third kappa shape index (κ3) is 5.25. The summed E-state index contributed by atoms with van der Waals surface area (Å²) in [5.41, 5.74) is 0.405. The molecule has 0 fully saturated rings. The first kappa shape index (κ1) is 17.8. The number of benzene rings is 1. The van der Waals surface area contributed by atoms with Gasteiger partial charge in [-0.05, 0) is 24.6 Å². The Morgan fingerprint density at radius 2 is 1.59 bits per heavy atom. The molecule has 0 aliphatic heterocycles. The Bertz CT molecular complexity index is 526. The van der Waals surface area contributed by atoms with E-state index in [1.807, 2.05) is 0 Å². The molecule has 0 saturated heterocycles. The van der Waals surface area contributed by atoms with E-state index in [1.54, 1.807) is 0 Å². The molecule has 0 aromatic heterocycles. The van der Waals surface area contributed by atoms with E-state index in [9.17, 15) is 14.4 Å². The molecular formula is C14H16ClNO6. The van der Waals surface area contributed by atoms with E-state index < -0.39 is 18.0 Å². The second-order valence-corrected chi connectivity index (χ2v) is 4.46. The monoisotopic (exact) mass is 329 g/mol. The minimum Gasteiger partial charge on any atom is -0.465 e.